The monoisotopic (exact) mass is 268 g/mol. The standard InChI is InChI=1S/C16H16N2O2/c1-20-16-4-2-3-14(17-16)10-18-8-7-13-6-5-12(11-19)9-15(13)18/h2-9,19H,10-11H2,1H3. The molecule has 0 radical (unpaired) electrons. The Morgan fingerprint density at radius 2 is 2.10 bits per heavy atom. The van der Waals surface area contributed by atoms with Crippen LogP contribution in [0.2, 0.25) is 0 Å². The van der Waals surface area contributed by atoms with Crippen LogP contribution in [0.3, 0.4) is 0 Å². The molecule has 3 rings (SSSR count). The third-order valence-corrected chi connectivity index (χ3v) is 3.34. The van der Waals surface area contributed by atoms with Gasteiger partial charge in [-0.05, 0) is 29.1 Å². The number of aliphatic hydroxyl groups excluding tert-OH is 1. The summed E-state index contributed by atoms with van der Waals surface area (Å²) in [4.78, 5) is 4.42. The summed E-state index contributed by atoms with van der Waals surface area (Å²) in [6.45, 7) is 0.730. The van der Waals surface area contributed by atoms with E-state index < -0.39 is 0 Å². The maximum Gasteiger partial charge on any atom is 0.213 e. The lowest BCUT2D eigenvalue weighted by atomic mass is 10.2. The van der Waals surface area contributed by atoms with Crippen molar-refractivity contribution >= 4 is 10.9 Å². The SMILES string of the molecule is COc1cccc(Cn2ccc3ccc(CO)cc32)n1. The van der Waals surface area contributed by atoms with E-state index in [4.69, 9.17) is 4.74 Å². The van der Waals surface area contributed by atoms with Crippen LogP contribution in [0.5, 0.6) is 5.88 Å². The summed E-state index contributed by atoms with van der Waals surface area (Å²) in [7, 11) is 1.62. The largest absolute Gasteiger partial charge is 0.481 e. The van der Waals surface area contributed by atoms with Crippen LogP contribution in [-0.2, 0) is 13.2 Å². The van der Waals surface area contributed by atoms with Gasteiger partial charge >= 0.3 is 0 Å². The normalized spacial score (nSPS) is 10.9. The van der Waals surface area contributed by atoms with Gasteiger partial charge in [-0.2, -0.15) is 0 Å². The van der Waals surface area contributed by atoms with Crippen molar-refractivity contribution in [3.8, 4) is 5.88 Å². The Bertz CT molecular complexity index is 734. The fraction of sp³-hybridized carbons (Fsp3) is 0.188. The van der Waals surface area contributed by atoms with Gasteiger partial charge in [0.15, 0.2) is 0 Å². The van der Waals surface area contributed by atoms with Gasteiger partial charge < -0.3 is 14.4 Å². The minimum atomic E-state index is 0.0541. The molecule has 0 atom stereocenters. The second-order valence-corrected chi connectivity index (χ2v) is 4.67. The summed E-state index contributed by atoms with van der Waals surface area (Å²) >= 11 is 0. The number of ether oxygens (including phenoxy) is 1. The van der Waals surface area contributed by atoms with Crippen molar-refractivity contribution in [3.05, 3.63) is 59.9 Å². The highest BCUT2D eigenvalue weighted by molar-refractivity contribution is 5.80. The molecule has 0 aliphatic carbocycles. The van der Waals surface area contributed by atoms with Gasteiger partial charge in [0.1, 0.15) is 0 Å². The number of aliphatic hydroxyl groups is 1. The Labute approximate surface area is 117 Å². The lowest BCUT2D eigenvalue weighted by Crippen LogP contribution is -2.01. The summed E-state index contributed by atoms with van der Waals surface area (Å²) in [5, 5.41) is 10.4. The third kappa shape index (κ3) is 2.38. The highest BCUT2D eigenvalue weighted by Crippen LogP contribution is 2.19. The summed E-state index contributed by atoms with van der Waals surface area (Å²) in [5.74, 6) is 0.620. The van der Waals surface area contributed by atoms with Crippen molar-refractivity contribution in [2.75, 3.05) is 7.11 Å². The van der Waals surface area contributed by atoms with Crippen molar-refractivity contribution in [2.24, 2.45) is 0 Å². The van der Waals surface area contributed by atoms with Crippen molar-refractivity contribution in [1.29, 1.82) is 0 Å². The second-order valence-electron chi connectivity index (χ2n) is 4.67. The molecule has 2 aromatic heterocycles. The van der Waals surface area contributed by atoms with E-state index in [1.807, 2.05) is 42.6 Å². The molecule has 2 heterocycles. The number of nitrogens with zero attached hydrogens (tertiary/aromatic N) is 2. The molecule has 1 N–H and O–H groups in total. The van der Waals surface area contributed by atoms with Crippen LogP contribution in [0, 0.1) is 0 Å². The van der Waals surface area contributed by atoms with Gasteiger partial charge in [0.25, 0.3) is 0 Å². The molecule has 0 amide bonds. The van der Waals surface area contributed by atoms with E-state index in [2.05, 4.69) is 15.6 Å². The molecule has 102 valence electrons. The van der Waals surface area contributed by atoms with Crippen LogP contribution >= 0.6 is 0 Å². The highest BCUT2D eigenvalue weighted by Gasteiger charge is 2.04. The summed E-state index contributed by atoms with van der Waals surface area (Å²) in [6.07, 6.45) is 2.03. The van der Waals surface area contributed by atoms with Crippen LogP contribution in [0.25, 0.3) is 10.9 Å². The number of benzene rings is 1. The molecular weight excluding hydrogens is 252 g/mol. The van der Waals surface area contributed by atoms with E-state index in [-0.39, 0.29) is 6.61 Å². The molecule has 0 bridgehead atoms. The Morgan fingerprint density at radius 3 is 2.90 bits per heavy atom. The fourth-order valence-electron chi connectivity index (χ4n) is 2.30. The third-order valence-electron chi connectivity index (χ3n) is 3.34. The maximum absolute atomic E-state index is 9.25. The average molecular weight is 268 g/mol. The quantitative estimate of drug-likeness (QED) is 0.791. The summed E-state index contributed by atoms with van der Waals surface area (Å²) < 4.78 is 7.27. The molecule has 4 heteroatoms. The number of methoxy groups -OCH3 is 1. The zero-order chi connectivity index (χ0) is 13.9. The predicted octanol–water partition coefficient (Wildman–Crippen LogP) is 2.59. The van der Waals surface area contributed by atoms with E-state index in [0.29, 0.717) is 12.4 Å². The lowest BCUT2D eigenvalue weighted by Gasteiger charge is -2.07. The topological polar surface area (TPSA) is 47.3 Å². The number of rotatable bonds is 4. The summed E-state index contributed by atoms with van der Waals surface area (Å²) in [6, 6.07) is 13.8. The second kappa shape index (κ2) is 5.35. The molecule has 1 aromatic carbocycles. The first kappa shape index (κ1) is 12.7. The number of aromatic nitrogens is 2. The van der Waals surface area contributed by atoms with Crippen LogP contribution in [-0.4, -0.2) is 21.8 Å². The fourth-order valence-corrected chi connectivity index (χ4v) is 2.30. The van der Waals surface area contributed by atoms with E-state index in [0.717, 1.165) is 22.2 Å². The van der Waals surface area contributed by atoms with E-state index in [1.54, 1.807) is 7.11 Å². The number of hydrogen-bond donors (Lipinski definition) is 1. The predicted molar refractivity (Wildman–Crippen MR) is 77.8 cm³/mol. The zero-order valence-electron chi connectivity index (χ0n) is 11.3. The molecular formula is C16H16N2O2. The zero-order valence-corrected chi connectivity index (χ0v) is 11.3. The molecule has 0 unspecified atom stereocenters. The van der Waals surface area contributed by atoms with Crippen molar-refractivity contribution in [2.45, 2.75) is 13.2 Å². The Morgan fingerprint density at radius 1 is 1.20 bits per heavy atom. The summed E-state index contributed by atoms with van der Waals surface area (Å²) in [5.41, 5.74) is 2.95. The van der Waals surface area contributed by atoms with Gasteiger partial charge in [0.2, 0.25) is 5.88 Å². The molecule has 0 aliphatic heterocycles. The van der Waals surface area contributed by atoms with Gasteiger partial charge in [-0.3, -0.25) is 0 Å². The van der Waals surface area contributed by atoms with Gasteiger partial charge in [-0.15, -0.1) is 0 Å². The van der Waals surface area contributed by atoms with Crippen molar-refractivity contribution in [3.63, 3.8) is 0 Å². The van der Waals surface area contributed by atoms with Crippen LogP contribution in [0.1, 0.15) is 11.3 Å². The lowest BCUT2D eigenvalue weighted by molar-refractivity contribution is 0.282. The minimum Gasteiger partial charge on any atom is -0.481 e. The van der Waals surface area contributed by atoms with Gasteiger partial charge in [-0.1, -0.05) is 18.2 Å². The smallest absolute Gasteiger partial charge is 0.213 e. The van der Waals surface area contributed by atoms with Crippen LogP contribution in [0.15, 0.2) is 48.7 Å². The van der Waals surface area contributed by atoms with Gasteiger partial charge in [0, 0.05) is 17.8 Å². The molecule has 0 saturated heterocycles. The molecule has 0 saturated carbocycles. The van der Waals surface area contributed by atoms with E-state index in [1.165, 1.54) is 0 Å². The first-order valence-electron chi connectivity index (χ1n) is 6.49. The first-order valence-corrected chi connectivity index (χ1v) is 6.49. The number of hydrogen-bond acceptors (Lipinski definition) is 3. The number of pyridine rings is 1. The van der Waals surface area contributed by atoms with E-state index in [9.17, 15) is 5.11 Å². The minimum absolute atomic E-state index is 0.0541. The van der Waals surface area contributed by atoms with Crippen molar-refractivity contribution in [1.82, 2.24) is 9.55 Å². The molecule has 20 heavy (non-hydrogen) atoms. The molecule has 0 spiro atoms. The molecule has 3 aromatic rings. The first-order chi connectivity index (χ1) is 9.80. The molecule has 4 nitrogen and oxygen atoms in total. The average Bonchev–Trinajstić information content (AvgIpc) is 2.89. The van der Waals surface area contributed by atoms with E-state index >= 15 is 0 Å². The van der Waals surface area contributed by atoms with Crippen LogP contribution < -0.4 is 4.74 Å². The Balaban J connectivity index is 1.97. The van der Waals surface area contributed by atoms with Crippen molar-refractivity contribution < 1.29 is 9.84 Å². The maximum atomic E-state index is 9.25. The van der Waals surface area contributed by atoms with Gasteiger partial charge in [-0.25, -0.2) is 4.98 Å². The Kier molecular flexibility index (Phi) is 3.39. The van der Waals surface area contributed by atoms with Gasteiger partial charge in [0.05, 0.1) is 26.0 Å². The highest BCUT2D eigenvalue weighted by atomic mass is 16.5. The van der Waals surface area contributed by atoms with Crippen LogP contribution in [0.4, 0.5) is 0 Å². The molecule has 0 fully saturated rings. The molecule has 0 aliphatic rings. The number of fused-ring (bicyclic) bond motifs is 1. The Hall–Kier alpha value is -2.33.